The molecule has 8 nitrogen and oxygen atoms in total. The molecule has 2 aliphatic carbocycles. The molecule has 4 bridgehead atoms. The first-order chi connectivity index (χ1) is 19.1. The van der Waals surface area contributed by atoms with E-state index in [1.165, 1.54) is 0 Å². The molecule has 6 rings (SSSR count). The lowest BCUT2D eigenvalue weighted by Crippen LogP contribution is -2.50. The molecule has 0 spiro atoms. The minimum atomic E-state index is -1.15. The van der Waals surface area contributed by atoms with E-state index in [9.17, 15) is 19.2 Å². The fourth-order valence-electron chi connectivity index (χ4n) is 7.61. The van der Waals surface area contributed by atoms with Crippen LogP contribution in [0.4, 0.5) is 11.4 Å². The van der Waals surface area contributed by atoms with Crippen molar-refractivity contribution in [3.8, 4) is 0 Å². The van der Waals surface area contributed by atoms with Crippen LogP contribution in [0.2, 0.25) is 0 Å². The van der Waals surface area contributed by atoms with Gasteiger partial charge < -0.3 is 20.1 Å². The van der Waals surface area contributed by atoms with Gasteiger partial charge in [0, 0.05) is 22.2 Å². The van der Waals surface area contributed by atoms with Gasteiger partial charge in [-0.1, -0.05) is 52.0 Å². The van der Waals surface area contributed by atoms with Gasteiger partial charge in [0.1, 0.15) is 0 Å². The molecule has 2 aromatic carbocycles. The summed E-state index contributed by atoms with van der Waals surface area (Å²) in [6, 6.07) is 15.3. The third-order valence-electron chi connectivity index (χ3n) is 11.7. The molecule has 41 heavy (non-hydrogen) atoms. The molecule has 2 heterocycles. The molecule has 0 aromatic heterocycles. The summed E-state index contributed by atoms with van der Waals surface area (Å²) in [6.07, 6.45) is 2.99. The Labute approximate surface area is 240 Å². The Morgan fingerprint density at radius 3 is 1.22 bits per heavy atom. The molecular weight excluding hydrogens is 520 g/mol. The van der Waals surface area contributed by atoms with Crippen LogP contribution < -0.4 is 10.6 Å². The molecule has 2 saturated heterocycles. The molecule has 4 aliphatic rings. The Hall–Kier alpha value is -3.68. The monoisotopic (exact) mass is 558 g/mol. The summed E-state index contributed by atoms with van der Waals surface area (Å²) < 4.78 is 11.4. The predicted octanol–water partition coefficient (Wildman–Crippen LogP) is 5.40. The topological polar surface area (TPSA) is 111 Å². The lowest BCUT2D eigenvalue weighted by Gasteiger charge is -2.35. The molecule has 2 N–H and O–H groups in total. The van der Waals surface area contributed by atoms with Gasteiger partial charge in [-0.25, -0.2) is 0 Å². The molecule has 0 radical (unpaired) electrons. The number of benzene rings is 2. The highest BCUT2D eigenvalue weighted by Gasteiger charge is 2.76. The van der Waals surface area contributed by atoms with E-state index in [0.717, 1.165) is 11.1 Å². The highest BCUT2D eigenvalue weighted by atomic mass is 16.6. The minimum absolute atomic E-state index is 0.278. The van der Waals surface area contributed by atoms with Gasteiger partial charge >= 0.3 is 11.9 Å². The molecule has 2 amide bonds. The lowest BCUT2D eigenvalue weighted by molar-refractivity contribution is -0.166. The summed E-state index contributed by atoms with van der Waals surface area (Å²) in [4.78, 5) is 51.7. The number of ether oxygens (including phenoxy) is 2. The molecule has 8 heteroatoms. The second-order valence-electron chi connectivity index (χ2n) is 13.8. The second kappa shape index (κ2) is 8.43. The SMILES string of the molecule is CC1(C)[C@@]2(C)CC[C@@]1(C(=O)Nc1ccc(Cc3ccc(NC(=O)[C@@]45CC[C@@](C)(C(=O)O4)C5(C)C)cc3)cc1)OC2=O. The van der Waals surface area contributed by atoms with Crippen LogP contribution in [-0.2, 0) is 35.1 Å². The maximum atomic E-state index is 13.3. The maximum absolute atomic E-state index is 13.3. The summed E-state index contributed by atoms with van der Waals surface area (Å²) in [5.74, 6) is -1.14. The smallest absolute Gasteiger partial charge is 0.313 e. The molecule has 2 aromatic rings. The average molecular weight is 559 g/mol. The van der Waals surface area contributed by atoms with E-state index >= 15 is 0 Å². The first kappa shape index (κ1) is 27.5. The number of amides is 2. The summed E-state index contributed by atoms with van der Waals surface area (Å²) >= 11 is 0. The lowest BCUT2D eigenvalue weighted by atomic mass is 9.66. The van der Waals surface area contributed by atoms with Crippen LogP contribution in [0.1, 0.15) is 78.4 Å². The first-order valence-electron chi connectivity index (χ1n) is 14.4. The van der Waals surface area contributed by atoms with E-state index in [0.29, 0.717) is 43.5 Å². The molecule has 4 fully saturated rings. The van der Waals surface area contributed by atoms with E-state index in [2.05, 4.69) is 10.6 Å². The van der Waals surface area contributed by atoms with Gasteiger partial charge in [-0.05, 0) is 81.3 Å². The molecule has 0 unspecified atom stereocenters. The Morgan fingerprint density at radius 2 is 0.951 bits per heavy atom. The van der Waals surface area contributed by atoms with Crippen LogP contribution in [0.15, 0.2) is 48.5 Å². The predicted molar refractivity (Wildman–Crippen MR) is 153 cm³/mol. The standard InChI is InChI=1S/C33H38N2O6/c1-28(2)30(5)15-17-32(28,40-26(30)38)24(36)34-22-11-7-20(8-12-22)19-21-9-13-23(14-10-21)35-25(37)33-18-16-31(6,27(39)41-33)29(33,3)4/h7-14H,15-19H2,1-6H3,(H,34,36)(H,35,37)/t30-,31-,32-,33+/m0/s1. The van der Waals surface area contributed by atoms with Crippen LogP contribution in [-0.4, -0.2) is 35.0 Å². The summed E-state index contributed by atoms with van der Waals surface area (Å²) in [6.45, 7) is 11.6. The quantitative estimate of drug-likeness (QED) is 0.460. The van der Waals surface area contributed by atoms with Gasteiger partial charge in [0.2, 0.25) is 0 Å². The van der Waals surface area contributed by atoms with E-state index in [1.807, 2.05) is 90.1 Å². The van der Waals surface area contributed by atoms with Crippen molar-refractivity contribution in [3.63, 3.8) is 0 Å². The van der Waals surface area contributed by atoms with E-state index in [1.54, 1.807) is 0 Å². The van der Waals surface area contributed by atoms with Gasteiger partial charge in [0.15, 0.2) is 11.2 Å². The Bertz CT molecular complexity index is 1370. The van der Waals surface area contributed by atoms with Crippen LogP contribution in [0.5, 0.6) is 0 Å². The number of hydrogen-bond donors (Lipinski definition) is 2. The minimum Gasteiger partial charge on any atom is -0.448 e. The van der Waals surface area contributed by atoms with Gasteiger partial charge in [0.05, 0.1) is 10.8 Å². The largest absolute Gasteiger partial charge is 0.448 e. The molecule has 4 atom stereocenters. The van der Waals surface area contributed by atoms with Crippen molar-refractivity contribution in [2.75, 3.05) is 10.6 Å². The molecule has 216 valence electrons. The summed E-state index contributed by atoms with van der Waals surface area (Å²) in [7, 11) is 0. The van der Waals surface area contributed by atoms with Crippen LogP contribution in [0.25, 0.3) is 0 Å². The number of hydrogen-bond acceptors (Lipinski definition) is 6. The molecule has 2 saturated carbocycles. The summed E-state index contributed by atoms with van der Waals surface area (Å²) in [5, 5.41) is 5.94. The van der Waals surface area contributed by atoms with Crippen LogP contribution >= 0.6 is 0 Å². The van der Waals surface area contributed by atoms with Crippen molar-refractivity contribution in [3.05, 3.63) is 59.7 Å². The number of anilines is 2. The van der Waals surface area contributed by atoms with E-state index in [4.69, 9.17) is 9.47 Å². The number of rotatable bonds is 6. The fourth-order valence-corrected chi connectivity index (χ4v) is 7.61. The van der Waals surface area contributed by atoms with Crippen molar-refractivity contribution in [2.45, 2.75) is 84.8 Å². The van der Waals surface area contributed by atoms with Gasteiger partial charge in [-0.15, -0.1) is 0 Å². The van der Waals surface area contributed by atoms with Crippen molar-refractivity contribution in [1.82, 2.24) is 0 Å². The fraction of sp³-hybridized carbons (Fsp3) is 0.515. The van der Waals surface area contributed by atoms with Crippen molar-refractivity contribution < 1.29 is 28.7 Å². The number of carbonyl (C=O) groups is 4. The first-order valence-corrected chi connectivity index (χ1v) is 14.4. The Balaban J connectivity index is 1.08. The van der Waals surface area contributed by atoms with Gasteiger partial charge in [0.25, 0.3) is 11.8 Å². The zero-order chi connectivity index (χ0) is 29.6. The third-order valence-corrected chi connectivity index (χ3v) is 11.7. The average Bonchev–Trinajstić information content (AvgIpc) is 3.39. The van der Waals surface area contributed by atoms with E-state index in [-0.39, 0.29) is 23.8 Å². The Morgan fingerprint density at radius 1 is 0.610 bits per heavy atom. The number of fused-ring (bicyclic) bond motifs is 4. The zero-order valence-corrected chi connectivity index (χ0v) is 24.6. The highest BCUT2D eigenvalue weighted by molar-refractivity contribution is 6.04. The van der Waals surface area contributed by atoms with Gasteiger partial charge in [-0.2, -0.15) is 0 Å². The van der Waals surface area contributed by atoms with Crippen molar-refractivity contribution in [1.29, 1.82) is 0 Å². The zero-order valence-electron chi connectivity index (χ0n) is 24.6. The second-order valence-corrected chi connectivity index (χ2v) is 13.8. The Kier molecular flexibility index (Phi) is 5.65. The van der Waals surface area contributed by atoms with Gasteiger partial charge in [-0.3, -0.25) is 19.2 Å². The number of nitrogens with one attached hydrogen (secondary N) is 2. The molecular formula is C33H38N2O6. The number of carbonyl (C=O) groups excluding carboxylic acids is 4. The normalized spacial score (nSPS) is 33.8. The van der Waals surface area contributed by atoms with E-state index < -0.39 is 32.9 Å². The van der Waals surface area contributed by atoms with Crippen LogP contribution in [0.3, 0.4) is 0 Å². The van der Waals surface area contributed by atoms with Crippen LogP contribution in [0, 0.1) is 21.7 Å². The number of esters is 2. The van der Waals surface area contributed by atoms with Crippen molar-refractivity contribution >= 4 is 35.1 Å². The summed E-state index contributed by atoms with van der Waals surface area (Å²) in [5.41, 5.74) is -1.38. The van der Waals surface area contributed by atoms with Crippen molar-refractivity contribution in [2.24, 2.45) is 21.7 Å². The molecule has 2 aliphatic heterocycles. The third kappa shape index (κ3) is 3.39. The highest BCUT2D eigenvalue weighted by Crippen LogP contribution is 2.66. The maximum Gasteiger partial charge on any atom is 0.313 e.